The molecule has 1 aliphatic heterocycles. The van der Waals surface area contributed by atoms with Crippen molar-refractivity contribution in [2.24, 2.45) is 5.92 Å². The van der Waals surface area contributed by atoms with Gasteiger partial charge in [0.25, 0.3) is 10.0 Å². The number of hydrogen-bond donors (Lipinski definition) is 0. The molecule has 3 heterocycles. The van der Waals surface area contributed by atoms with E-state index in [9.17, 15) is 8.42 Å². The standard InChI is InChI=1S/C13H18N4O2S2/c1-11-4-5-13(20-11)21(18,19)17-6-2-3-12(8-17)7-16-10-14-9-15-16/h4-5,9-10,12H,2-3,6-8H2,1H3/t12-/m0/s1. The molecule has 0 bridgehead atoms. The maximum Gasteiger partial charge on any atom is 0.252 e. The van der Waals surface area contributed by atoms with E-state index in [4.69, 9.17) is 0 Å². The van der Waals surface area contributed by atoms with Crippen molar-refractivity contribution >= 4 is 21.4 Å². The van der Waals surface area contributed by atoms with Gasteiger partial charge in [0.2, 0.25) is 0 Å². The Morgan fingerprint density at radius 2 is 2.29 bits per heavy atom. The number of sulfonamides is 1. The van der Waals surface area contributed by atoms with Crippen molar-refractivity contribution in [3.05, 3.63) is 29.7 Å². The summed E-state index contributed by atoms with van der Waals surface area (Å²) < 4.78 is 29.1. The second-order valence-electron chi connectivity index (χ2n) is 5.35. The summed E-state index contributed by atoms with van der Waals surface area (Å²) in [5, 5.41) is 4.10. The van der Waals surface area contributed by atoms with Gasteiger partial charge in [-0.05, 0) is 37.8 Å². The number of nitrogens with zero attached hydrogens (tertiary/aromatic N) is 4. The number of aromatic nitrogens is 3. The van der Waals surface area contributed by atoms with Crippen LogP contribution in [-0.2, 0) is 16.6 Å². The van der Waals surface area contributed by atoms with Gasteiger partial charge < -0.3 is 0 Å². The Bertz CT molecular complexity index is 694. The summed E-state index contributed by atoms with van der Waals surface area (Å²) >= 11 is 1.34. The van der Waals surface area contributed by atoms with Crippen LogP contribution in [0.5, 0.6) is 0 Å². The number of hydrogen-bond acceptors (Lipinski definition) is 5. The highest BCUT2D eigenvalue weighted by molar-refractivity contribution is 7.91. The Morgan fingerprint density at radius 3 is 2.95 bits per heavy atom. The average Bonchev–Trinajstić information content (AvgIpc) is 3.11. The maximum absolute atomic E-state index is 12.7. The van der Waals surface area contributed by atoms with Crippen LogP contribution in [0.15, 0.2) is 29.0 Å². The molecule has 0 spiro atoms. The van der Waals surface area contributed by atoms with Gasteiger partial charge in [-0.15, -0.1) is 11.3 Å². The average molecular weight is 326 g/mol. The third-order valence-corrected chi connectivity index (χ3v) is 7.04. The van der Waals surface area contributed by atoms with Gasteiger partial charge >= 0.3 is 0 Å². The largest absolute Gasteiger partial charge is 0.253 e. The summed E-state index contributed by atoms with van der Waals surface area (Å²) in [6, 6.07) is 3.56. The first kappa shape index (κ1) is 14.7. The summed E-state index contributed by atoms with van der Waals surface area (Å²) in [6.45, 7) is 3.80. The molecule has 0 saturated carbocycles. The zero-order chi connectivity index (χ0) is 14.9. The van der Waals surface area contributed by atoms with Crippen LogP contribution < -0.4 is 0 Å². The highest BCUT2D eigenvalue weighted by atomic mass is 32.2. The van der Waals surface area contributed by atoms with Crippen molar-refractivity contribution in [3.8, 4) is 0 Å². The van der Waals surface area contributed by atoms with Gasteiger partial charge in [-0.1, -0.05) is 0 Å². The van der Waals surface area contributed by atoms with Crippen molar-refractivity contribution in [1.82, 2.24) is 19.1 Å². The smallest absolute Gasteiger partial charge is 0.252 e. The summed E-state index contributed by atoms with van der Waals surface area (Å²) in [4.78, 5) is 4.95. The highest BCUT2D eigenvalue weighted by Gasteiger charge is 2.31. The summed E-state index contributed by atoms with van der Waals surface area (Å²) in [5.74, 6) is 0.288. The van der Waals surface area contributed by atoms with Crippen LogP contribution in [0.1, 0.15) is 17.7 Å². The van der Waals surface area contributed by atoms with Crippen molar-refractivity contribution in [2.45, 2.75) is 30.5 Å². The van der Waals surface area contributed by atoms with Gasteiger partial charge in [0.1, 0.15) is 16.9 Å². The lowest BCUT2D eigenvalue weighted by atomic mass is 10.00. The lowest BCUT2D eigenvalue weighted by molar-refractivity contribution is 0.240. The maximum atomic E-state index is 12.7. The zero-order valence-electron chi connectivity index (χ0n) is 11.8. The molecule has 1 fully saturated rings. The molecule has 0 aromatic carbocycles. The molecule has 0 radical (unpaired) electrons. The topological polar surface area (TPSA) is 68.1 Å². The molecule has 0 unspecified atom stereocenters. The van der Waals surface area contributed by atoms with E-state index in [1.165, 1.54) is 17.7 Å². The quantitative estimate of drug-likeness (QED) is 0.858. The molecule has 114 valence electrons. The van der Waals surface area contributed by atoms with E-state index in [1.54, 1.807) is 21.4 Å². The molecule has 3 rings (SSSR count). The minimum Gasteiger partial charge on any atom is -0.253 e. The Morgan fingerprint density at radius 1 is 1.43 bits per heavy atom. The fourth-order valence-electron chi connectivity index (χ4n) is 2.66. The molecule has 6 nitrogen and oxygen atoms in total. The van der Waals surface area contributed by atoms with Gasteiger partial charge in [0.15, 0.2) is 0 Å². The SMILES string of the molecule is Cc1ccc(S(=O)(=O)N2CCC[C@@H](Cn3cncn3)C2)s1. The van der Waals surface area contributed by atoms with Crippen molar-refractivity contribution in [2.75, 3.05) is 13.1 Å². The minimum absolute atomic E-state index is 0.288. The predicted molar refractivity (Wildman–Crippen MR) is 80.6 cm³/mol. The van der Waals surface area contributed by atoms with Gasteiger partial charge in [0.05, 0.1) is 0 Å². The van der Waals surface area contributed by atoms with E-state index < -0.39 is 10.0 Å². The first-order valence-corrected chi connectivity index (χ1v) is 9.20. The van der Waals surface area contributed by atoms with Crippen LogP contribution in [0.3, 0.4) is 0 Å². The van der Waals surface area contributed by atoms with Crippen molar-refractivity contribution in [1.29, 1.82) is 0 Å². The molecule has 21 heavy (non-hydrogen) atoms. The summed E-state index contributed by atoms with van der Waals surface area (Å²) in [5.41, 5.74) is 0. The monoisotopic (exact) mass is 326 g/mol. The van der Waals surface area contributed by atoms with Crippen LogP contribution in [-0.4, -0.2) is 40.6 Å². The normalized spacial score (nSPS) is 20.7. The number of thiophene rings is 1. The lowest BCUT2D eigenvalue weighted by Gasteiger charge is -2.31. The number of piperidine rings is 1. The Hall–Kier alpha value is -1.25. The van der Waals surface area contributed by atoms with Gasteiger partial charge in [-0.3, -0.25) is 4.68 Å². The Balaban J connectivity index is 1.73. The molecular weight excluding hydrogens is 308 g/mol. The third-order valence-electron chi connectivity index (χ3n) is 3.70. The van der Waals surface area contributed by atoms with Gasteiger partial charge in [0, 0.05) is 24.5 Å². The van der Waals surface area contributed by atoms with E-state index >= 15 is 0 Å². The van der Waals surface area contributed by atoms with Crippen LogP contribution in [0.2, 0.25) is 0 Å². The molecule has 1 saturated heterocycles. The third kappa shape index (κ3) is 3.17. The van der Waals surface area contributed by atoms with Crippen LogP contribution in [0.4, 0.5) is 0 Å². The Kier molecular flexibility index (Phi) is 4.10. The molecular formula is C13H18N4O2S2. The lowest BCUT2D eigenvalue weighted by Crippen LogP contribution is -2.40. The van der Waals surface area contributed by atoms with E-state index in [-0.39, 0.29) is 5.92 Å². The molecule has 8 heteroatoms. The molecule has 2 aromatic rings. The fraction of sp³-hybridized carbons (Fsp3) is 0.538. The van der Waals surface area contributed by atoms with Crippen molar-refractivity contribution in [3.63, 3.8) is 0 Å². The molecule has 2 aromatic heterocycles. The van der Waals surface area contributed by atoms with Crippen LogP contribution >= 0.6 is 11.3 Å². The fourth-order valence-corrected chi connectivity index (χ4v) is 5.66. The number of aryl methyl sites for hydroxylation is 1. The van der Waals surface area contributed by atoms with Gasteiger partial charge in [-0.2, -0.15) is 9.40 Å². The molecule has 0 N–H and O–H groups in total. The van der Waals surface area contributed by atoms with E-state index in [2.05, 4.69) is 10.1 Å². The second-order valence-corrected chi connectivity index (χ2v) is 8.81. The summed E-state index contributed by atoms with van der Waals surface area (Å²) in [7, 11) is -3.35. The molecule has 0 amide bonds. The molecule has 1 atom stereocenters. The first-order valence-electron chi connectivity index (χ1n) is 6.95. The number of rotatable bonds is 4. The summed E-state index contributed by atoms with van der Waals surface area (Å²) in [6.07, 6.45) is 5.10. The first-order chi connectivity index (χ1) is 10.1. The van der Waals surface area contributed by atoms with E-state index in [0.29, 0.717) is 17.3 Å². The van der Waals surface area contributed by atoms with Crippen LogP contribution in [0, 0.1) is 12.8 Å². The molecule has 0 aliphatic carbocycles. The van der Waals surface area contributed by atoms with Crippen LogP contribution in [0.25, 0.3) is 0 Å². The predicted octanol–water partition coefficient (Wildman–Crippen LogP) is 1.75. The second kappa shape index (κ2) is 5.86. The minimum atomic E-state index is -3.35. The molecule has 1 aliphatic rings. The zero-order valence-corrected chi connectivity index (χ0v) is 13.5. The Labute approximate surface area is 128 Å². The van der Waals surface area contributed by atoms with E-state index in [1.807, 2.05) is 13.0 Å². The van der Waals surface area contributed by atoms with E-state index in [0.717, 1.165) is 24.3 Å². The highest BCUT2D eigenvalue weighted by Crippen LogP contribution is 2.28. The van der Waals surface area contributed by atoms with Gasteiger partial charge in [-0.25, -0.2) is 13.4 Å². The van der Waals surface area contributed by atoms with Crippen molar-refractivity contribution < 1.29 is 8.42 Å².